The Kier molecular flexibility index (Phi) is 4.92. The van der Waals surface area contributed by atoms with Crippen molar-refractivity contribution in [1.29, 1.82) is 0 Å². The predicted octanol–water partition coefficient (Wildman–Crippen LogP) is 1.04. The molecule has 0 spiro atoms. The number of hydrogen-bond donors (Lipinski definition) is 3. The molecule has 0 aromatic heterocycles. The van der Waals surface area contributed by atoms with E-state index in [-0.39, 0.29) is 12.1 Å². The van der Waals surface area contributed by atoms with Gasteiger partial charge in [0.05, 0.1) is 0 Å². The number of urea groups is 1. The lowest BCUT2D eigenvalue weighted by atomic mass is 10.2. The third kappa shape index (κ3) is 3.59. The zero-order valence-electron chi connectivity index (χ0n) is 9.53. The van der Waals surface area contributed by atoms with Gasteiger partial charge in [-0.25, -0.2) is 4.79 Å². The maximum Gasteiger partial charge on any atom is 0.325 e. The van der Waals surface area contributed by atoms with Crippen molar-refractivity contribution in [3.05, 3.63) is 0 Å². The maximum atomic E-state index is 11.5. The lowest BCUT2D eigenvalue weighted by Gasteiger charge is -2.20. The molecule has 0 aromatic carbocycles. The van der Waals surface area contributed by atoms with Gasteiger partial charge in [-0.3, -0.25) is 4.79 Å². The number of hydrogen-bond acceptors (Lipinski definition) is 3. The molecule has 1 aliphatic carbocycles. The van der Waals surface area contributed by atoms with E-state index in [9.17, 15) is 9.59 Å². The molecular formula is C10H18N2O3S. The molecule has 1 aliphatic rings. The highest BCUT2D eigenvalue weighted by atomic mass is 32.2. The molecular weight excluding hydrogens is 228 g/mol. The van der Waals surface area contributed by atoms with Gasteiger partial charge in [-0.05, 0) is 26.0 Å². The monoisotopic (exact) mass is 246 g/mol. The van der Waals surface area contributed by atoms with Gasteiger partial charge in [-0.1, -0.05) is 6.42 Å². The summed E-state index contributed by atoms with van der Waals surface area (Å²) in [6.45, 7) is 1.45. The third-order valence-corrected chi connectivity index (χ3v) is 3.96. The van der Waals surface area contributed by atoms with Crippen LogP contribution in [0.3, 0.4) is 0 Å². The molecule has 0 heterocycles. The topological polar surface area (TPSA) is 78.4 Å². The van der Waals surface area contributed by atoms with Gasteiger partial charge >= 0.3 is 12.0 Å². The number of thioether (sulfide) groups is 1. The fourth-order valence-electron chi connectivity index (χ4n) is 1.84. The Morgan fingerprint density at radius 2 is 2.12 bits per heavy atom. The molecule has 2 unspecified atom stereocenters. The van der Waals surface area contributed by atoms with Crippen LogP contribution in [0.15, 0.2) is 0 Å². The molecule has 1 fully saturated rings. The molecule has 5 nitrogen and oxygen atoms in total. The summed E-state index contributed by atoms with van der Waals surface area (Å²) in [5.41, 5.74) is 0. The first-order valence-corrected chi connectivity index (χ1v) is 6.66. The number of rotatable bonds is 4. The molecule has 16 heavy (non-hydrogen) atoms. The summed E-state index contributed by atoms with van der Waals surface area (Å²) >= 11 is 1.75. The quantitative estimate of drug-likeness (QED) is 0.692. The molecule has 92 valence electrons. The average Bonchev–Trinajstić information content (AvgIpc) is 2.64. The van der Waals surface area contributed by atoms with Crippen LogP contribution in [0, 0.1) is 0 Å². The van der Waals surface area contributed by atoms with Crippen molar-refractivity contribution in [3.63, 3.8) is 0 Å². The van der Waals surface area contributed by atoms with Crippen molar-refractivity contribution >= 4 is 23.8 Å². The minimum absolute atomic E-state index is 0.163. The Morgan fingerprint density at radius 3 is 2.69 bits per heavy atom. The van der Waals surface area contributed by atoms with E-state index in [0.717, 1.165) is 19.3 Å². The van der Waals surface area contributed by atoms with Gasteiger partial charge in [0.2, 0.25) is 0 Å². The normalized spacial score (nSPS) is 26.1. The molecule has 6 heteroatoms. The number of carbonyl (C=O) groups excluding carboxylic acids is 1. The van der Waals surface area contributed by atoms with Gasteiger partial charge in [0, 0.05) is 11.3 Å². The summed E-state index contributed by atoms with van der Waals surface area (Å²) in [6, 6.07) is -1.08. The van der Waals surface area contributed by atoms with Crippen LogP contribution in [0.5, 0.6) is 0 Å². The van der Waals surface area contributed by atoms with Gasteiger partial charge < -0.3 is 15.7 Å². The van der Waals surface area contributed by atoms with Gasteiger partial charge in [0.15, 0.2) is 0 Å². The van der Waals surface area contributed by atoms with Crippen LogP contribution in [-0.4, -0.2) is 40.7 Å². The van der Waals surface area contributed by atoms with Gasteiger partial charge in [-0.15, -0.1) is 0 Å². The Labute approximate surface area is 99.4 Å². The lowest BCUT2D eigenvalue weighted by Crippen LogP contribution is -2.49. The first-order valence-electron chi connectivity index (χ1n) is 5.37. The SMILES string of the molecule is CSC1CCCC1NC(=O)N[C@@H](C)C(=O)O. The summed E-state index contributed by atoms with van der Waals surface area (Å²) in [5.74, 6) is -1.03. The second-order valence-electron chi connectivity index (χ2n) is 3.99. The van der Waals surface area contributed by atoms with E-state index in [1.165, 1.54) is 6.92 Å². The summed E-state index contributed by atoms with van der Waals surface area (Å²) < 4.78 is 0. The molecule has 0 aromatic rings. The Balaban J connectivity index is 2.36. The van der Waals surface area contributed by atoms with E-state index in [0.29, 0.717) is 5.25 Å². The minimum Gasteiger partial charge on any atom is -0.480 e. The number of nitrogens with one attached hydrogen (secondary N) is 2. The highest BCUT2D eigenvalue weighted by Crippen LogP contribution is 2.28. The largest absolute Gasteiger partial charge is 0.480 e. The van der Waals surface area contributed by atoms with Crippen LogP contribution in [0.2, 0.25) is 0 Å². The third-order valence-electron chi connectivity index (χ3n) is 2.79. The molecule has 1 rings (SSSR count). The van der Waals surface area contributed by atoms with Gasteiger partial charge in [0.1, 0.15) is 6.04 Å². The number of carboxylic acid groups (broad SMARTS) is 1. The van der Waals surface area contributed by atoms with Crippen LogP contribution < -0.4 is 10.6 Å². The van der Waals surface area contributed by atoms with E-state index >= 15 is 0 Å². The number of carboxylic acids is 1. The zero-order chi connectivity index (χ0) is 12.1. The Hall–Kier alpha value is -0.910. The molecule has 0 radical (unpaired) electrons. The van der Waals surface area contributed by atoms with Gasteiger partial charge in [-0.2, -0.15) is 11.8 Å². The Morgan fingerprint density at radius 1 is 1.44 bits per heavy atom. The average molecular weight is 246 g/mol. The highest BCUT2D eigenvalue weighted by molar-refractivity contribution is 7.99. The summed E-state index contributed by atoms with van der Waals surface area (Å²) in [7, 11) is 0. The molecule has 1 saturated carbocycles. The van der Waals surface area contributed by atoms with E-state index in [1.807, 2.05) is 6.26 Å². The van der Waals surface area contributed by atoms with E-state index in [4.69, 9.17) is 5.11 Å². The van der Waals surface area contributed by atoms with Crippen molar-refractivity contribution in [2.75, 3.05) is 6.26 Å². The molecule has 0 saturated heterocycles. The highest BCUT2D eigenvalue weighted by Gasteiger charge is 2.28. The minimum atomic E-state index is -1.03. The summed E-state index contributed by atoms with van der Waals surface area (Å²) in [5, 5.41) is 14.3. The van der Waals surface area contributed by atoms with E-state index in [2.05, 4.69) is 10.6 Å². The predicted molar refractivity (Wildman–Crippen MR) is 63.7 cm³/mol. The molecule has 3 N–H and O–H groups in total. The maximum absolute atomic E-state index is 11.5. The molecule has 2 amide bonds. The summed E-state index contributed by atoms with van der Waals surface area (Å²) in [4.78, 5) is 22.0. The van der Waals surface area contributed by atoms with Crippen molar-refractivity contribution in [1.82, 2.24) is 10.6 Å². The van der Waals surface area contributed by atoms with Crippen molar-refractivity contribution in [3.8, 4) is 0 Å². The summed E-state index contributed by atoms with van der Waals surface area (Å²) in [6.07, 6.45) is 5.23. The van der Waals surface area contributed by atoms with Gasteiger partial charge in [0.25, 0.3) is 0 Å². The van der Waals surface area contributed by atoms with E-state index in [1.54, 1.807) is 11.8 Å². The van der Waals surface area contributed by atoms with Crippen LogP contribution in [0.1, 0.15) is 26.2 Å². The fraction of sp³-hybridized carbons (Fsp3) is 0.800. The fourth-order valence-corrected chi connectivity index (χ4v) is 2.78. The number of carbonyl (C=O) groups is 2. The number of aliphatic carboxylic acids is 1. The van der Waals surface area contributed by atoms with Crippen molar-refractivity contribution in [2.45, 2.75) is 43.5 Å². The van der Waals surface area contributed by atoms with Crippen molar-refractivity contribution < 1.29 is 14.7 Å². The molecule has 0 aliphatic heterocycles. The second-order valence-corrected chi connectivity index (χ2v) is 5.07. The van der Waals surface area contributed by atoms with E-state index < -0.39 is 12.0 Å². The molecule has 3 atom stereocenters. The zero-order valence-corrected chi connectivity index (χ0v) is 10.3. The lowest BCUT2D eigenvalue weighted by molar-refractivity contribution is -0.138. The second kappa shape index (κ2) is 5.98. The van der Waals surface area contributed by atoms with Crippen molar-refractivity contribution in [2.24, 2.45) is 0 Å². The smallest absolute Gasteiger partial charge is 0.325 e. The Bertz CT molecular complexity index is 273. The molecule has 0 bridgehead atoms. The number of amides is 2. The van der Waals surface area contributed by atoms with Crippen LogP contribution in [0.4, 0.5) is 4.79 Å². The first kappa shape index (κ1) is 13.2. The van der Waals surface area contributed by atoms with Crippen LogP contribution in [0.25, 0.3) is 0 Å². The van der Waals surface area contributed by atoms with Crippen LogP contribution in [-0.2, 0) is 4.79 Å². The van der Waals surface area contributed by atoms with Crippen LogP contribution >= 0.6 is 11.8 Å². The first-order chi connectivity index (χ1) is 7.54. The standard InChI is InChI=1S/C10H18N2O3S/c1-6(9(13)14)11-10(15)12-7-4-3-5-8(7)16-2/h6-8H,3-5H2,1-2H3,(H,13,14)(H2,11,12,15)/t6-,7?,8?/m0/s1.